The van der Waals surface area contributed by atoms with Gasteiger partial charge in [0.25, 0.3) is 0 Å². The SMILES string of the molecule is CCCCCCC(CC)C(=N)C=N. The smallest absolute Gasteiger partial charge is 0.0520 e. The molecule has 0 aliphatic carbocycles. The molecule has 0 radical (unpaired) electrons. The summed E-state index contributed by atoms with van der Waals surface area (Å²) in [7, 11) is 0. The van der Waals surface area contributed by atoms with Crippen LogP contribution in [0.2, 0.25) is 0 Å². The van der Waals surface area contributed by atoms with Crippen LogP contribution in [0.3, 0.4) is 0 Å². The number of hydrogen-bond acceptors (Lipinski definition) is 2. The van der Waals surface area contributed by atoms with Crippen LogP contribution < -0.4 is 0 Å². The summed E-state index contributed by atoms with van der Waals surface area (Å²) in [5.74, 6) is 0.328. The van der Waals surface area contributed by atoms with Crippen LogP contribution in [0, 0.1) is 16.7 Å². The van der Waals surface area contributed by atoms with E-state index in [9.17, 15) is 0 Å². The Morgan fingerprint density at radius 2 is 1.92 bits per heavy atom. The first-order valence-corrected chi connectivity index (χ1v) is 5.35. The van der Waals surface area contributed by atoms with E-state index in [-0.39, 0.29) is 0 Å². The van der Waals surface area contributed by atoms with Crippen LogP contribution in [-0.2, 0) is 0 Å². The van der Waals surface area contributed by atoms with Crippen LogP contribution in [0.15, 0.2) is 0 Å². The van der Waals surface area contributed by atoms with Gasteiger partial charge in [0.05, 0.1) is 5.71 Å². The molecule has 0 aliphatic heterocycles. The molecule has 0 aromatic carbocycles. The third kappa shape index (κ3) is 5.56. The minimum Gasteiger partial charge on any atom is -0.307 e. The van der Waals surface area contributed by atoms with Gasteiger partial charge in [-0.1, -0.05) is 39.5 Å². The third-order valence-corrected chi connectivity index (χ3v) is 2.49. The van der Waals surface area contributed by atoms with Crippen LogP contribution in [-0.4, -0.2) is 11.9 Å². The lowest BCUT2D eigenvalue weighted by atomic mass is 9.94. The third-order valence-electron chi connectivity index (χ3n) is 2.49. The quantitative estimate of drug-likeness (QED) is 0.425. The Kier molecular flexibility index (Phi) is 7.56. The summed E-state index contributed by atoms with van der Waals surface area (Å²) in [5, 5.41) is 14.5. The van der Waals surface area contributed by atoms with Crippen molar-refractivity contribution in [3.05, 3.63) is 0 Å². The van der Waals surface area contributed by atoms with E-state index < -0.39 is 0 Å². The van der Waals surface area contributed by atoms with E-state index in [1.54, 1.807) is 0 Å². The van der Waals surface area contributed by atoms with Gasteiger partial charge in [-0.3, -0.25) is 0 Å². The Balaban J connectivity index is 3.59. The molecule has 76 valence electrons. The average molecular weight is 182 g/mol. The fourth-order valence-electron chi connectivity index (χ4n) is 1.51. The van der Waals surface area contributed by atoms with Gasteiger partial charge in [-0.25, -0.2) is 0 Å². The van der Waals surface area contributed by atoms with Crippen molar-refractivity contribution in [2.75, 3.05) is 0 Å². The topological polar surface area (TPSA) is 47.7 Å². The number of hydrogen-bond donors (Lipinski definition) is 2. The zero-order chi connectivity index (χ0) is 10.1. The van der Waals surface area contributed by atoms with E-state index in [4.69, 9.17) is 10.8 Å². The Morgan fingerprint density at radius 3 is 2.38 bits per heavy atom. The van der Waals surface area contributed by atoms with Crippen molar-refractivity contribution < 1.29 is 0 Å². The largest absolute Gasteiger partial charge is 0.307 e. The molecule has 0 saturated carbocycles. The van der Waals surface area contributed by atoms with Gasteiger partial charge in [-0.2, -0.15) is 0 Å². The lowest BCUT2D eigenvalue weighted by Gasteiger charge is -2.12. The summed E-state index contributed by atoms with van der Waals surface area (Å²) in [5.41, 5.74) is 0.499. The van der Waals surface area contributed by atoms with Gasteiger partial charge in [0, 0.05) is 12.1 Å². The molecular formula is C11H22N2. The summed E-state index contributed by atoms with van der Waals surface area (Å²) >= 11 is 0. The summed E-state index contributed by atoms with van der Waals surface area (Å²) < 4.78 is 0. The second-order valence-corrected chi connectivity index (χ2v) is 3.55. The van der Waals surface area contributed by atoms with Crippen molar-refractivity contribution in [1.82, 2.24) is 0 Å². The fraction of sp³-hybridized carbons (Fsp3) is 0.818. The van der Waals surface area contributed by atoms with Crippen LogP contribution in [0.1, 0.15) is 52.4 Å². The van der Waals surface area contributed by atoms with Gasteiger partial charge in [0.1, 0.15) is 0 Å². The van der Waals surface area contributed by atoms with Gasteiger partial charge in [-0.05, 0) is 12.8 Å². The number of nitrogens with one attached hydrogen (secondary N) is 2. The molecule has 0 aromatic rings. The molecule has 0 rings (SSSR count). The summed E-state index contributed by atoms with van der Waals surface area (Å²) in [6, 6.07) is 0. The van der Waals surface area contributed by atoms with Crippen molar-refractivity contribution in [3.63, 3.8) is 0 Å². The van der Waals surface area contributed by atoms with E-state index in [1.165, 1.54) is 31.9 Å². The number of rotatable bonds is 8. The molecule has 13 heavy (non-hydrogen) atoms. The number of unbranched alkanes of at least 4 members (excludes halogenated alkanes) is 3. The maximum Gasteiger partial charge on any atom is 0.0520 e. The monoisotopic (exact) mass is 182 g/mol. The normalized spacial score (nSPS) is 12.5. The second-order valence-electron chi connectivity index (χ2n) is 3.55. The first-order valence-electron chi connectivity index (χ1n) is 5.35. The Labute approximate surface area is 81.8 Å². The van der Waals surface area contributed by atoms with E-state index in [0.717, 1.165) is 12.8 Å². The van der Waals surface area contributed by atoms with E-state index in [1.807, 2.05) is 0 Å². The van der Waals surface area contributed by atoms with Crippen LogP contribution >= 0.6 is 0 Å². The highest BCUT2D eigenvalue weighted by atomic mass is 14.5. The molecule has 0 saturated heterocycles. The van der Waals surface area contributed by atoms with Crippen molar-refractivity contribution in [3.8, 4) is 0 Å². The predicted octanol–water partition coefficient (Wildman–Crippen LogP) is 3.65. The van der Waals surface area contributed by atoms with Crippen LogP contribution in [0.5, 0.6) is 0 Å². The Hall–Kier alpha value is -0.660. The van der Waals surface area contributed by atoms with Crippen molar-refractivity contribution in [2.24, 2.45) is 5.92 Å². The maximum atomic E-state index is 7.53. The highest BCUT2D eigenvalue weighted by Crippen LogP contribution is 2.14. The minimum atomic E-state index is 0.328. The van der Waals surface area contributed by atoms with Crippen LogP contribution in [0.4, 0.5) is 0 Å². The standard InChI is InChI=1S/C11H22N2/c1-3-5-6-7-8-10(4-2)11(13)9-12/h9-10,12-13H,3-8H2,1-2H3. The van der Waals surface area contributed by atoms with Gasteiger partial charge >= 0.3 is 0 Å². The van der Waals surface area contributed by atoms with Crippen LogP contribution in [0.25, 0.3) is 0 Å². The van der Waals surface area contributed by atoms with Gasteiger partial charge in [-0.15, -0.1) is 0 Å². The molecule has 2 nitrogen and oxygen atoms in total. The van der Waals surface area contributed by atoms with Gasteiger partial charge in [0.2, 0.25) is 0 Å². The zero-order valence-electron chi connectivity index (χ0n) is 8.90. The first-order chi connectivity index (χ1) is 6.26. The highest BCUT2D eigenvalue weighted by molar-refractivity contribution is 6.28. The molecule has 0 heterocycles. The van der Waals surface area contributed by atoms with E-state index in [2.05, 4.69) is 13.8 Å². The predicted molar refractivity (Wildman–Crippen MR) is 59.1 cm³/mol. The Morgan fingerprint density at radius 1 is 1.23 bits per heavy atom. The molecule has 1 atom stereocenters. The lowest BCUT2D eigenvalue weighted by Crippen LogP contribution is -2.13. The van der Waals surface area contributed by atoms with Crippen molar-refractivity contribution in [2.45, 2.75) is 52.4 Å². The molecular weight excluding hydrogens is 160 g/mol. The molecule has 0 amide bonds. The first kappa shape index (κ1) is 12.3. The molecule has 0 bridgehead atoms. The van der Waals surface area contributed by atoms with E-state index in [0.29, 0.717) is 11.6 Å². The lowest BCUT2D eigenvalue weighted by molar-refractivity contribution is 0.542. The maximum absolute atomic E-state index is 7.53. The fourth-order valence-corrected chi connectivity index (χ4v) is 1.51. The zero-order valence-corrected chi connectivity index (χ0v) is 8.90. The molecule has 0 spiro atoms. The minimum absolute atomic E-state index is 0.328. The van der Waals surface area contributed by atoms with Crippen molar-refractivity contribution >= 4 is 11.9 Å². The van der Waals surface area contributed by atoms with E-state index >= 15 is 0 Å². The van der Waals surface area contributed by atoms with Gasteiger partial charge < -0.3 is 10.8 Å². The average Bonchev–Trinajstić information content (AvgIpc) is 2.17. The summed E-state index contributed by atoms with van der Waals surface area (Å²) in [6.07, 6.45) is 8.33. The second kappa shape index (κ2) is 7.96. The molecule has 0 fully saturated rings. The Bertz CT molecular complexity index is 152. The molecule has 1 unspecified atom stereocenters. The molecule has 0 aromatic heterocycles. The molecule has 0 aliphatic rings. The molecule has 2 heteroatoms. The molecule has 2 N–H and O–H groups in total. The van der Waals surface area contributed by atoms with Gasteiger partial charge in [0.15, 0.2) is 0 Å². The highest BCUT2D eigenvalue weighted by Gasteiger charge is 2.09. The summed E-state index contributed by atoms with van der Waals surface area (Å²) in [6.45, 7) is 4.31. The van der Waals surface area contributed by atoms with Crippen molar-refractivity contribution in [1.29, 1.82) is 10.8 Å². The summed E-state index contributed by atoms with van der Waals surface area (Å²) in [4.78, 5) is 0.